The summed E-state index contributed by atoms with van der Waals surface area (Å²) < 4.78 is 2.21. The molecule has 2 fully saturated rings. The molecule has 2 aromatic heterocycles. The van der Waals surface area contributed by atoms with Crippen LogP contribution in [0.5, 0.6) is 0 Å². The number of anilines is 2. The number of rotatable bonds is 4. The predicted molar refractivity (Wildman–Crippen MR) is 101 cm³/mol. The largest absolute Gasteiger partial charge is 0.384 e. The van der Waals surface area contributed by atoms with E-state index in [1.54, 1.807) is 0 Å². The van der Waals surface area contributed by atoms with Gasteiger partial charge in [-0.2, -0.15) is 0 Å². The summed E-state index contributed by atoms with van der Waals surface area (Å²) in [6.07, 6.45) is 7.73. The summed E-state index contributed by atoms with van der Waals surface area (Å²) in [6.45, 7) is 5.14. The van der Waals surface area contributed by atoms with Crippen LogP contribution < -0.4 is 10.6 Å². The Morgan fingerprint density at radius 1 is 1.08 bits per heavy atom. The molecular formula is C18H28N8. The monoisotopic (exact) mass is 356 g/mol. The maximum absolute atomic E-state index is 5.82. The Bertz CT molecular complexity index is 737. The number of nitrogen functional groups attached to an aromatic ring is 1. The van der Waals surface area contributed by atoms with Crippen LogP contribution in [0.15, 0.2) is 12.4 Å². The van der Waals surface area contributed by atoms with Crippen molar-refractivity contribution in [1.82, 2.24) is 29.6 Å². The summed E-state index contributed by atoms with van der Waals surface area (Å²) in [5.41, 5.74) is 5.82. The Balaban J connectivity index is 1.46. The number of nitrogens with two attached hydrogens (primary N) is 1. The molecule has 2 aromatic rings. The van der Waals surface area contributed by atoms with Gasteiger partial charge < -0.3 is 15.2 Å². The van der Waals surface area contributed by atoms with Gasteiger partial charge in [0.05, 0.1) is 6.54 Å². The van der Waals surface area contributed by atoms with E-state index in [1.165, 1.54) is 38.7 Å². The first-order valence-corrected chi connectivity index (χ1v) is 9.63. The first kappa shape index (κ1) is 17.2. The molecule has 0 aliphatic carbocycles. The molecule has 2 saturated heterocycles. The molecule has 8 heteroatoms. The molecule has 4 rings (SSSR count). The maximum atomic E-state index is 5.82. The third-order valence-corrected chi connectivity index (χ3v) is 5.60. The van der Waals surface area contributed by atoms with Crippen LogP contribution in [0.1, 0.15) is 49.7 Å². The van der Waals surface area contributed by atoms with Gasteiger partial charge >= 0.3 is 0 Å². The second-order valence-electron chi connectivity index (χ2n) is 7.46. The number of aromatic nitrogens is 5. The van der Waals surface area contributed by atoms with Gasteiger partial charge in [0, 0.05) is 32.1 Å². The Kier molecular flexibility index (Phi) is 5.01. The zero-order valence-corrected chi connectivity index (χ0v) is 15.5. The van der Waals surface area contributed by atoms with Crippen molar-refractivity contribution in [2.45, 2.75) is 44.6 Å². The third-order valence-electron chi connectivity index (χ3n) is 5.60. The van der Waals surface area contributed by atoms with Crippen LogP contribution in [0.3, 0.4) is 0 Å². The number of hydrogen-bond acceptors (Lipinski definition) is 7. The quantitative estimate of drug-likeness (QED) is 0.889. The fourth-order valence-corrected chi connectivity index (χ4v) is 4.12. The summed E-state index contributed by atoms with van der Waals surface area (Å²) in [4.78, 5) is 13.2. The van der Waals surface area contributed by atoms with Crippen molar-refractivity contribution in [1.29, 1.82) is 0 Å². The minimum absolute atomic E-state index is 0.368. The molecule has 2 aliphatic heterocycles. The summed E-state index contributed by atoms with van der Waals surface area (Å²) in [6, 6.07) is 1.85. The lowest BCUT2D eigenvalue weighted by atomic mass is 9.97. The molecule has 0 saturated carbocycles. The van der Waals surface area contributed by atoms with Crippen LogP contribution in [0.25, 0.3) is 0 Å². The summed E-state index contributed by atoms with van der Waals surface area (Å²) in [5.74, 6) is 3.94. The van der Waals surface area contributed by atoms with Crippen LogP contribution >= 0.6 is 0 Å². The molecule has 0 spiro atoms. The smallest absolute Gasteiger partial charge is 0.146 e. The molecule has 26 heavy (non-hydrogen) atoms. The van der Waals surface area contributed by atoms with Gasteiger partial charge in [-0.3, -0.25) is 4.90 Å². The van der Waals surface area contributed by atoms with Crippen molar-refractivity contribution < 1.29 is 0 Å². The topological polar surface area (TPSA) is 89.0 Å². The summed E-state index contributed by atoms with van der Waals surface area (Å²) in [5, 5.41) is 9.06. The van der Waals surface area contributed by atoms with E-state index >= 15 is 0 Å². The van der Waals surface area contributed by atoms with E-state index in [0.29, 0.717) is 11.7 Å². The van der Waals surface area contributed by atoms with Gasteiger partial charge in [0.15, 0.2) is 0 Å². The summed E-state index contributed by atoms with van der Waals surface area (Å²) in [7, 11) is 2.11. The van der Waals surface area contributed by atoms with Crippen LogP contribution in [0.2, 0.25) is 0 Å². The van der Waals surface area contributed by atoms with Crippen molar-refractivity contribution in [2.24, 2.45) is 7.05 Å². The fourth-order valence-electron chi connectivity index (χ4n) is 4.12. The number of piperidine rings is 2. The molecule has 0 unspecified atom stereocenters. The first-order chi connectivity index (χ1) is 12.7. The van der Waals surface area contributed by atoms with Crippen molar-refractivity contribution in [3.63, 3.8) is 0 Å². The molecule has 0 aromatic carbocycles. The lowest BCUT2D eigenvalue weighted by molar-refractivity contribution is 0.213. The van der Waals surface area contributed by atoms with Crippen LogP contribution in [0.4, 0.5) is 11.6 Å². The lowest BCUT2D eigenvalue weighted by Gasteiger charge is -2.33. The van der Waals surface area contributed by atoms with Crippen molar-refractivity contribution in [2.75, 3.05) is 36.8 Å². The highest BCUT2D eigenvalue weighted by Crippen LogP contribution is 2.28. The van der Waals surface area contributed by atoms with E-state index in [9.17, 15) is 0 Å². The average molecular weight is 356 g/mol. The lowest BCUT2D eigenvalue weighted by Crippen LogP contribution is -2.36. The van der Waals surface area contributed by atoms with Gasteiger partial charge in [-0.1, -0.05) is 6.42 Å². The van der Waals surface area contributed by atoms with E-state index in [2.05, 4.69) is 41.6 Å². The number of likely N-dealkylation sites (tertiary alicyclic amines) is 1. The van der Waals surface area contributed by atoms with E-state index in [-0.39, 0.29) is 0 Å². The standard InChI is InChI=1S/C18H28N8/c1-24-17(12-25-7-3-2-4-8-25)22-23-18(24)14-6-5-9-26(11-14)16-10-15(19)20-13-21-16/h10,13-14H,2-9,11-12H2,1H3,(H2,19,20,21)/t14-/m0/s1. The maximum Gasteiger partial charge on any atom is 0.146 e. The Morgan fingerprint density at radius 3 is 2.73 bits per heavy atom. The number of nitrogens with zero attached hydrogens (tertiary/aromatic N) is 7. The predicted octanol–water partition coefficient (Wildman–Crippen LogP) is 1.56. The van der Waals surface area contributed by atoms with Gasteiger partial charge in [0.1, 0.15) is 29.6 Å². The van der Waals surface area contributed by atoms with Crippen molar-refractivity contribution in [3.05, 3.63) is 24.0 Å². The average Bonchev–Trinajstić information content (AvgIpc) is 3.03. The molecule has 8 nitrogen and oxygen atoms in total. The van der Waals surface area contributed by atoms with Crippen LogP contribution in [0, 0.1) is 0 Å². The third kappa shape index (κ3) is 3.65. The molecule has 0 bridgehead atoms. The highest BCUT2D eigenvalue weighted by atomic mass is 15.3. The van der Waals surface area contributed by atoms with Crippen molar-refractivity contribution in [3.8, 4) is 0 Å². The highest BCUT2D eigenvalue weighted by Gasteiger charge is 2.27. The normalized spacial score (nSPS) is 21.9. The summed E-state index contributed by atoms with van der Waals surface area (Å²) >= 11 is 0. The van der Waals surface area contributed by atoms with E-state index < -0.39 is 0 Å². The van der Waals surface area contributed by atoms with E-state index in [1.807, 2.05) is 6.07 Å². The molecule has 2 aliphatic rings. The molecule has 1 atom stereocenters. The molecular weight excluding hydrogens is 328 g/mol. The van der Waals surface area contributed by atoms with Crippen LogP contribution in [-0.2, 0) is 13.6 Å². The Morgan fingerprint density at radius 2 is 1.92 bits per heavy atom. The zero-order valence-electron chi connectivity index (χ0n) is 15.5. The first-order valence-electron chi connectivity index (χ1n) is 9.63. The second-order valence-corrected chi connectivity index (χ2v) is 7.46. The van der Waals surface area contributed by atoms with E-state index in [0.717, 1.165) is 49.9 Å². The molecule has 0 amide bonds. The molecule has 0 radical (unpaired) electrons. The minimum Gasteiger partial charge on any atom is -0.384 e. The zero-order chi connectivity index (χ0) is 17.9. The van der Waals surface area contributed by atoms with Crippen molar-refractivity contribution >= 4 is 11.6 Å². The van der Waals surface area contributed by atoms with Gasteiger partial charge in [0.2, 0.25) is 0 Å². The minimum atomic E-state index is 0.368. The van der Waals surface area contributed by atoms with Crippen LogP contribution in [-0.4, -0.2) is 55.8 Å². The molecule has 2 N–H and O–H groups in total. The molecule has 4 heterocycles. The molecule has 140 valence electrons. The highest BCUT2D eigenvalue weighted by molar-refractivity contribution is 5.46. The second kappa shape index (κ2) is 7.57. The number of hydrogen-bond donors (Lipinski definition) is 1. The van der Waals surface area contributed by atoms with Gasteiger partial charge in [-0.15, -0.1) is 10.2 Å². The Hall–Kier alpha value is -2.22. The van der Waals surface area contributed by atoms with Gasteiger partial charge in [-0.25, -0.2) is 9.97 Å². The van der Waals surface area contributed by atoms with E-state index in [4.69, 9.17) is 5.73 Å². The SMILES string of the molecule is Cn1c(CN2CCCCC2)nnc1[C@H]1CCCN(c2cc(N)ncn2)C1. The van der Waals surface area contributed by atoms with Gasteiger partial charge in [-0.05, 0) is 38.8 Å². The van der Waals surface area contributed by atoms with Gasteiger partial charge in [0.25, 0.3) is 0 Å². The fraction of sp³-hybridized carbons (Fsp3) is 0.667. The Labute approximate surface area is 154 Å².